The van der Waals surface area contributed by atoms with Gasteiger partial charge in [0.15, 0.2) is 0 Å². The third kappa shape index (κ3) is 4.53. The maximum atomic E-state index is 12.1. The second kappa shape index (κ2) is 8.33. The zero-order chi connectivity index (χ0) is 18.5. The molecule has 138 valence electrons. The van der Waals surface area contributed by atoms with Crippen LogP contribution in [-0.4, -0.2) is 42.0 Å². The summed E-state index contributed by atoms with van der Waals surface area (Å²) < 4.78 is 0. The average Bonchev–Trinajstić information content (AvgIpc) is 3.25. The minimum Gasteiger partial charge on any atom is -0.354 e. The van der Waals surface area contributed by atoms with Crippen LogP contribution in [0.3, 0.4) is 0 Å². The van der Waals surface area contributed by atoms with Crippen molar-refractivity contribution in [1.82, 2.24) is 9.88 Å². The van der Waals surface area contributed by atoms with E-state index in [1.54, 1.807) is 6.20 Å². The number of piperazine rings is 1. The van der Waals surface area contributed by atoms with Crippen molar-refractivity contribution in [1.29, 1.82) is 0 Å². The summed E-state index contributed by atoms with van der Waals surface area (Å²) in [5.41, 5.74) is 2.08. The van der Waals surface area contributed by atoms with Gasteiger partial charge < -0.3 is 10.2 Å². The fourth-order valence-electron chi connectivity index (χ4n) is 3.22. The highest BCUT2D eigenvalue weighted by Crippen LogP contribution is 2.18. The Morgan fingerprint density at radius 1 is 1.00 bits per heavy atom. The number of pyridine rings is 1. The summed E-state index contributed by atoms with van der Waals surface area (Å²) in [6.45, 7) is 4.96. The molecule has 1 amide bonds. The van der Waals surface area contributed by atoms with Crippen LogP contribution in [0.2, 0.25) is 0 Å². The number of nitrogens with zero attached hydrogens (tertiary/aromatic N) is 3. The summed E-state index contributed by atoms with van der Waals surface area (Å²) in [6.07, 6.45) is 1.73. The van der Waals surface area contributed by atoms with Gasteiger partial charge in [0.1, 0.15) is 5.82 Å². The molecular formula is C21H22N4OS. The summed E-state index contributed by atoms with van der Waals surface area (Å²) in [7, 11) is 0. The first-order valence-electron chi connectivity index (χ1n) is 9.10. The van der Waals surface area contributed by atoms with Crippen LogP contribution >= 0.6 is 11.3 Å². The molecule has 1 saturated heterocycles. The molecule has 0 spiro atoms. The van der Waals surface area contributed by atoms with E-state index in [9.17, 15) is 4.79 Å². The Morgan fingerprint density at radius 3 is 2.48 bits per heavy atom. The smallest absolute Gasteiger partial charge is 0.265 e. The van der Waals surface area contributed by atoms with E-state index in [-0.39, 0.29) is 5.91 Å². The maximum Gasteiger partial charge on any atom is 0.265 e. The van der Waals surface area contributed by atoms with Crippen LogP contribution in [0.1, 0.15) is 15.2 Å². The third-order valence-corrected chi connectivity index (χ3v) is 5.56. The Kier molecular flexibility index (Phi) is 5.46. The summed E-state index contributed by atoms with van der Waals surface area (Å²) in [5.74, 6) is 0.873. The molecule has 4 rings (SSSR count). The molecule has 0 bridgehead atoms. The molecule has 5 nitrogen and oxygen atoms in total. The van der Waals surface area contributed by atoms with Crippen LogP contribution in [0.5, 0.6) is 0 Å². The van der Waals surface area contributed by atoms with Gasteiger partial charge in [-0.05, 0) is 29.1 Å². The first-order valence-corrected chi connectivity index (χ1v) is 9.98. The Morgan fingerprint density at radius 2 is 1.81 bits per heavy atom. The van der Waals surface area contributed by atoms with Crippen molar-refractivity contribution in [2.45, 2.75) is 6.54 Å². The normalized spacial score (nSPS) is 14.9. The van der Waals surface area contributed by atoms with Crippen molar-refractivity contribution in [3.8, 4) is 0 Å². The van der Waals surface area contributed by atoms with Crippen molar-refractivity contribution >= 4 is 28.7 Å². The number of hydrogen-bond donors (Lipinski definition) is 1. The Labute approximate surface area is 163 Å². The highest BCUT2D eigenvalue weighted by molar-refractivity contribution is 7.12. The minimum atomic E-state index is -0.0888. The standard InChI is InChI=1S/C21H22N4OS/c26-21(19-7-4-14-27-19)23-18-8-9-20(22-15-18)25-12-10-24(11-13-25)16-17-5-2-1-3-6-17/h1-9,14-15H,10-13,16H2,(H,23,26). The van der Waals surface area contributed by atoms with Gasteiger partial charge in [-0.15, -0.1) is 11.3 Å². The number of aromatic nitrogens is 1. The number of carbonyl (C=O) groups excluding carboxylic acids is 1. The predicted octanol–water partition coefficient (Wildman–Crippen LogP) is 3.72. The van der Waals surface area contributed by atoms with E-state index in [1.807, 2.05) is 29.6 Å². The Bertz CT molecular complexity index is 857. The molecule has 0 saturated carbocycles. The van der Waals surface area contributed by atoms with Gasteiger partial charge in [-0.25, -0.2) is 4.98 Å². The second-order valence-electron chi connectivity index (χ2n) is 6.59. The van der Waals surface area contributed by atoms with Gasteiger partial charge in [0.05, 0.1) is 16.8 Å². The van der Waals surface area contributed by atoms with Gasteiger partial charge in [-0.2, -0.15) is 0 Å². The van der Waals surface area contributed by atoms with Crippen LogP contribution < -0.4 is 10.2 Å². The predicted molar refractivity (Wildman–Crippen MR) is 110 cm³/mol. The zero-order valence-corrected chi connectivity index (χ0v) is 15.9. The Hall–Kier alpha value is -2.70. The molecule has 0 unspecified atom stereocenters. The molecular weight excluding hydrogens is 356 g/mol. The number of carbonyl (C=O) groups is 1. The number of thiophene rings is 1. The lowest BCUT2D eigenvalue weighted by molar-refractivity contribution is 0.103. The van der Waals surface area contributed by atoms with Crippen molar-refractivity contribution in [2.24, 2.45) is 0 Å². The molecule has 3 heterocycles. The molecule has 1 fully saturated rings. The van der Waals surface area contributed by atoms with Gasteiger partial charge in [-0.1, -0.05) is 36.4 Å². The average molecular weight is 379 g/mol. The maximum absolute atomic E-state index is 12.1. The SMILES string of the molecule is O=C(Nc1ccc(N2CCN(Cc3ccccc3)CC2)nc1)c1cccs1. The first kappa shape index (κ1) is 17.7. The number of benzene rings is 1. The molecule has 1 aromatic carbocycles. The van der Waals surface area contributed by atoms with Gasteiger partial charge in [0, 0.05) is 32.7 Å². The van der Waals surface area contributed by atoms with E-state index in [1.165, 1.54) is 16.9 Å². The second-order valence-corrected chi connectivity index (χ2v) is 7.53. The molecule has 6 heteroatoms. The van der Waals surface area contributed by atoms with E-state index in [2.05, 4.69) is 50.4 Å². The summed E-state index contributed by atoms with van der Waals surface area (Å²) >= 11 is 1.43. The first-order chi connectivity index (χ1) is 13.3. The zero-order valence-electron chi connectivity index (χ0n) is 15.0. The molecule has 27 heavy (non-hydrogen) atoms. The minimum absolute atomic E-state index is 0.0888. The summed E-state index contributed by atoms with van der Waals surface area (Å²) in [4.78, 5) is 22.1. The van der Waals surface area contributed by atoms with Crippen LogP contribution in [0.15, 0.2) is 66.2 Å². The fraction of sp³-hybridized carbons (Fsp3) is 0.238. The van der Waals surface area contributed by atoms with Crippen LogP contribution in [0.25, 0.3) is 0 Å². The number of anilines is 2. The van der Waals surface area contributed by atoms with Crippen molar-refractivity contribution in [3.05, 3.63) is 76.6 Å². The van der Waals surface area contributed by atoms with Gasteiger partial charge in [0.25, 0.3) is 5.91 Å². The van der Waals surface area contributed by atoms with Crippen LogP contribution in [0.4, 0.5) is 11.5 Å². The quantitative estimate of drug-likeness (QED) is 0.735. The number of hydrogen-bond acceptors (Lipinski definition) is 5. The highest BCUT2D eigenvalue weighted by Gasteiger charge is 2.18. The lowest BCUT2D eigenvalue weighted by Crippen LogP contribution is -2.46. The summed E-state index contributed by atoms with van der Waals surface area (Å²) in [6, 6.07) is 18.2. The van der Waals surface area contributed by atoms with E-state index >= 15 is 0 Å². The molecule has 1 aliphatic heterocycles. The molecule has 0 atom stereocenters. The lowest BCUT2D eigenvalue weighted by Gasteiger charge is -2.35. The summed E-state index contributed by atoms with van der Waals surface area (Å²) in [5, 5.41) is 4.79. The van der Waals surface area contributed by atoms with E-state index in [0.29, 0.717) is 4.88 Å². The van der Waals surface area contributed by atoms with Crippen molar-refractivity contribution in [3.63, 3.8) is 0 Å². The van der Waals surface area contributed by atoms with Gasteiger partial charge >= 0.3 is 0 Å². The van der Waals surface area contributed by atoms with Crippen molar-refractivity contribution < 1.29 is 4.79 Å². The number of rotatable bonds is 5. The monoisotopic (exact) mass is 378 g/mol. The fourth-order valence-corrected chi connectivity index (χ4v) is 3.84. The van der Waals surface area contributed by atoms with E-state index in [0.717, 1.165) is 44.2 Å². The van der Waals surface area contributed by atoms with Gasteiger partial charge in [0.2, 0.25) is 0 Å². The van der Waals surface area contributed by atoms with Crippen LogP contribution in [0, 0.1) is 0 Å². The molecule has 3 aromatic rings. The Balaban J connectivity index is 1.30. The topological polar surface area (TPSA) is 48.5 Å². The largest absolute Gasteiger partial charge is 0.354 e. The molecule has 1 N–H and O–H groups in total. The lowest BCUT2D eigenvalue weighted by atomic mass is 10.2. The molecule has 0 aliphatic carbocycles. The van der Waals surface area contributed by atoms with Crippen LogP contribution in [-0.2, 0) is 6.54 Å². The molecule has 0 radical (unpaired) electrons. The van der Waals surface area contributed by atoms with E-state index < -0.39 is 0 Å². The molecule has 2 aromatic heterocycles. The van der Waals surface area contributed by atoms with Crippen molar-refractivity contribution in [2.75, 3.05) is 36.4 Å². The third-order valence-electron chi connectivity index (χ3n) is 4.70. The number of nitrogens with one attached hydrogen (secondary N) is 1. The highest BCUT2D eigenvalue weighted by atomic mass is 32.1. The van der Waals surface area contributed by atoms with E-state index in [4.69, 9.17) is 0 Å². The molecule has 1 aliphatic rings. The number of amides is 1. The van der Waals surface area contributed by atoms with Gasteiger partial charge in [-0.3, -0.25) is 9.69 Å².